The summed E-state index contributed by atoms with van der Waals surface area (Å²) < 4.78 is 30.0. The number of rotatable bonds is 11. The minimum atomic E-state index is -1.39. The van der Waals surface area contributed by atoms with Gasteiger partial charge in [-0.15, -0.1) is 0 Å². The number of ketones is 1. The van der Waals surface area contributed by atoms with E-state index in [9.17, 15) is 14.3 Å². The van der Waals surface area contributed by atoms with Crippen molar-refractivity contribution in [2.24, 2.45) is 5.73 Å². The number of halogens is 1. The molecule has 8 heteroatoms. The molecule has 2 aromatic carbocycles. The molecular weight excluding hydrogens is 451 g/mol. The van der Waals surface area contributed by atoms with Gasteiger partial charge in [0.25, 0.3) is 0 Å². The van der Waals surface area contributed by atoms with Gasteiger partial charge in [0, 0.05) is 24.1 Å². The monoisotopic (exact) mass is 482 g/mol. The van der Waals surface area contributed by atoms with E-state index >= 15 is 0 Å². The molecule has 1 atom stereocenters. The number of methoxy groups -OCH3 is 2. The molecule has 0 amide bonds. The maximum absolute atomic E-state index is 13.8. The van der Waals surface area contributed by atoms with E-state index in [4.69, 9.17) is 19.9 Å². The zero-order chi connectivity index (χ0) is 25.6. The zero-order valence-corrected chi connectivity index (χ0v) is 20.4. The second-order valence-electron chi connectivity index (χ2n) is 8.41. The van der Waals surface area contributed by atoms with Gasteiger partial charge in [-0.05, 0) is 74.4 Å². The summed E-state index contributed by atoms with van der Waals surface area (Å²) in [4.78, 5) is 17.5. The summed E-state index contributed by atoms with van der Waals surface area (Å²) in [5.41, 5.74) is 6.54. The molecular formula is C27H31FN2O5. The number of ether oxygens (including phenoxy) is 3. The SMILES string of the molecule is COc1cc(C(=O)CCC(C)(O)c2ccc(OC)c(-c3ccc(F)c(C)c3)n2)ccc1OCCN. The Morgan fingerprint density at radius 2 is 1.77 bits per heavy atom. The first-order valence-electron chi connectivity index (χ1n) is 11.3. The summed E-state index contributed by atoms with van der Waals surface area (Å²) in [6, 6.07) is 13.0. The summed E-state index contributed by atoms with van der Waals surface area (Å²) in [7, 11) is 3.02. The quantitative estimate of drug-likeness (QED) is 0.390. The minimum absolute atomic E-state index is 0.0812. The number of nitrogens with zero attached hydrogens (tertiary/aromatic N) is 1. The number of nitrogens with two attached hydrogens (primary N) is 1. The number of carbonyl (C=O) groups is 1. The molecule has 186 valence electrons. The normalized spacial score (nSPS) is 12.7. The maximum Gasteiger partial charge on any atom is 0.163 e. The zero-order valence-electron chi connectivity index (χ0n) is 20.4. The Hall–Kier alpha value is -3.49. The van der Waals surface area contributed by atoms with Crippen molar-refractivity contribution in [1.82, 2.24) is 4.98 Å². The molecule has 3 rings (SSSR count). The van der Waals surface area contributed by atoms with Crippen LogP contribution in [0.2, 0.25) is 0 Å². The van der Waals surface area contributed by atoms with E-state index in [0.717, 1.165) is 0 Å². The first kappa shape index (κ1) is 26.1. The van der Waals surface area contributed by atoms with Gasteiger partial charge in [0.15, 0.2) is 17.3 Å². The molecule has 0 fully saturated rings. The highest BCUT2D eigenvalue weighted by Gasteiger charge is 2.27. The molecule has 0 saturated heterocycles. The van der Waals surface area contributed by atoms with Crippen molar-refractivity contribution in [2.75, 3.05) is 27.4 Å². The molecule has 7 nitrogen and oxygen atoms in total. The lowest BCUT2D eigenvalue weighted by atomic mass is 9.92. The van der Waals surface area contributed by atoms with Crippen LogP contribution in [-0.2, 0) is 5.60 Å². The molecule has 3 aromatic rings. The highest BCUT2D eigenvalue weighted by molar-refractivity contribution is 5.96. The van der Waals surface area contributed by atoms with Gasteiger partial charge in [0.2, 0.25) is 0 Å². The van der Waals surface area contributed by atoms with Gasteiger partial charge < -0.3 is 25.1 Å². The number of hydrogen-bond donors (Lipinski definition) is 2. The average Bonchev–Trinajstić information content (AvgIpc) is 2.87. The van der Waals surface area contributed by atoms with Crippen molar-refractivity contribution >= 4 is 5.78 Å². The standard InChI is InChI=1S/C27H31FN2O5/c1-17-15-19(5-7-20(17)28)26-23(33-3)9-10-25(30-26)27(2,32)12-11-21(31)18-6-8-22(35-14-13-29)24(16-18)34-4/h5-10,15-16,32H,11-14,29H2,1-4H3. The lowest BCUT2D eigenvalue weighted by molar-refractivity contribution is 0.0397. The first-order valence-corrected chi connectivity index (χ1v) is 11.3. The largest absolute Gasteiger partial charge is 0.494 e. The number of benzene rings is 2. The molecule has 1 unspecified atom stereocenters. The molecule has 0 spiro atoms. The Kier molecular flexibility index (Phi) is 8.43. The van der Waals surface area contributed by atoms with Crippen LogP contribution in [0.5, 0.6) is 17.2 Å². The number of pyridine rings is 1. The maximum atomic E-state index is 13.8. The topological polar surface area (TPSA) is 104 Å². The molecule has 3 N–H and O–H groups in total. The Morgan fingerprint density at radius 1 is 1.06 bits per heavy atom. The fourth-order valence-electron chi connectivity index (χ4n) is 3.67. The van der Waals surface area contributed by atoms with Gasteiger partial charge in [-0.25, -0.2) is 9.37 Å². The van der Waals surface area contributed by atoms with Crippen LogP contribution in [0.25, 0.3) is 11.3 Å². The third kappa shape index (κ3) is 6.15. The molecule has 0 saturated carbocycles. The smallest absolute Gasteiger partial charge is 0.163 e. The van der Waals surface area contributed by atoms with Crippen LogP contribution in [0.3, 0.4) is 0 Å². The van der Waals surface area contributed by atoms with Crippen LogP contribution >= 0.6 is 0 Å². The van der Waals surface area contributed by atoms with Crippen molar-refractivity contribution in [3.8, 4) is 28.5 Å². The Labute approximate surface area is 204 Å². The second-order valence-corrected chi connectivity index (χ2v) is 8.41. The predicted molar refractivity (Wildman–Crippen MR) is 132 cm³/mol. The predicted octanol–water partition coefficient (Wildman–Crippen LogP) is 4.42. The minimum Gasteiger partial charge on any atom is -0.494 e. The van der Waals surface area contributed by atoms with E-state index in [2.05, 4.69) is 4.98 Å². The van der Waals surface area contributed by atoms with Gasteiger partial charge in [0.05, 0.1) is 19.9 Å². The molecule has 1 aromatic heterocycles. The highest BCUT2D eigenvalue weighted by atomic mass is 19.1. The summed E-state index contributed by atoms with van der Waals surface area (Å²) in [5, 5.41) is 11.2. The van der Waals surface area contributed by atoms with Crippen LogP contribution in [0.1, 0.15) is 41.4 Å². The number of aromatic nitrogens is 1. The van der Waals surface area contributed by atoms with Crippen LogP contribution in [-0.4, -0.2) is 43.2 Å². The van der Waals surface area contributed by atoms with Crippen LogP contribution in [0.4, 0.5) is 4.39 Å². The molecule has 0 radical (unpaired) electrons. The summed E-state index contributed by atoms with van der Waals surface area (Å²) >= 11 is 0. The van der Waals surface area contributed by atoms with E-state index < -0.39 is 5.60 Å². The van der Waals surface area contributed by atoms with Crippen molar-refractivity contribution in [1.29, 1.82) is 0 Å². The van der Waals surface area contributed by atoms with Gasteiger partial charge >= 0.3 is 0 Å². The van der Waals surface area contributed by atoms with Crippen LogP contribution < -0.4 is 19.9 Å². The molecule has 0 bridgehead atoms. The second kappa shape index (κ2) is 11.3. The number of hydrogen-bond acceptors (Lipinski definition) is 7. The Morgan fingerprint density at radius 3 is 2.43 bits per heavy atom. The van der Waals surface area contributed by atoms with Crippen molar-refractivity contribution < 1.29 is 28.5 Å². The summed E-state index contributed by atoms with van der Waals surface area (Å²) in [5.74, 6) is 0.970. The number of aryl methyl sites for hydroxylation is 1. The van der Waals surface area contributed by atoms with Gasteiger partial charge in [0.1, 0.15) is 29.5 Å². The van der Waals surface area contributed by atoms with Gasteiger partial charge in [-0.1, -0.05) is 0 Å². The highest BCUT2D eigenvalue weighted by Crippen LogP contribution is 2.34. The third-order valence-corrected chi connectivity index (χ3v) is 5.76. The molecule has 0 aliphatic heterocycles. The first-order chi connectivity index (χ1) is 16.7. The van der Waals surface area contributed by atoms with Crippen LogP contribution in [0, 0.1) is 12.7 Å². The lowest BCUT2D eigenvalue weighted by Gasteiger charge is -2.24. The van der Waals surface area contributed by atoms with E-state index in [1.807, 2.05) is 0 Å². The fourth-order valence-corrected chi connectivity index (χ4v) is 3.67. The van der Waals surface area contributed by atoms with Crippen LogP contribution in [0.15, 0.2) is 48.5 Å². The number of aliphatic hydroxyl groups is 1. The van der Waals surface area contributed by atoms with Crippen molar-refractivity contribution in [3.63, 3.8) is 0 Å². The molecule has 0 aliphatic rings. The average molecular weight is 483 g/mol. The van der Waals surface area contributed by atoms with E-state index in [0.29, 0.717) is 58.5 Å². The number of carbonyl (C=O) groups excluding carboxylic acids is 1. The Balaban J connectivity index is 1.80. The third-order valence-electron chi connectivity index (χ3n) is 5.76. The van der Waals surface area contributed by atoms with E-state index in [1.165, 1.54) is 20.3 Å². The number of Topliss-reactive ketones (excluding diaryl/α,β-unsaturated/α-hetero) is 1. The Bertz CT molecular complexity index is 1200. The fraction of sp³-hybridized carbons (Fsp3) is 0.333. The van der Waals surface area contributed by atoms with E-state index in [-0.39, 0.29) is 24.4 Å². The van der Waals surface area contributed by atoms with Crippen molar-refractivity contribution in [2.45, 2.75) is 32.3 Å². The lowest BCUT2D eigenvalue weighted by Crippen LogP contribution is -2.24. The molecule has 35 heavy (non-hydrogen) atoms. The van der Waals surface area contributed by atoms with Gasteiger partial charge in [-0.2, -0.15) is 0 Å². The van der Waals surface area contributed by atoms with Crippen molar-refractivity contribution in [3.05, 3.63) is 71.2 Å². The molecule has 0 aliphatic carbocycles. The summed E-state index contributed by atoms with van der Waals surface area (Å²) in [6.07, 6.45) is 0.221. The van der Waals surface area contributed by atoms with Gasteiger partial charge in [-0.3, -0.25) is 4.79 Å². The summed E-state index contributed by atoms with van der Waals surface area (Å²) in [6.45, 7) is 3.98. The van der Waals surface area contributed by atoms with E-state index in [1.54, 1.807) is 56.3 Å². The molecule has 1 heterocycles.